The fraction of sp³-hybridized carbons (Fsp3) is 0.526. The summed E-state index contributed by atoms with van der Waals surface area (Å²) < 4.78 is 11.9. The molecule has 0 saturated heterocycles. The third kappa shape index (κ3) is 3.72. The van der Waals surface area contributed by atoms with E-state index in [0.29, 0.717) is 41.9 Å². The van der Waals surface area contributed by atoms with E-state index in [1.54, 1.807) is 0 Å². The minimum atomic E-state index is -0.413. The minimum absolute atomic E-state index is 0.352. The van der Waals surface area contributed by atoms with Crippen molar-refractivity contribution in [3.63, 3.8) is 0 Å². The van der Waals surface area contributed by atoms with Crippen LogP contribution in [0.5, 0.6) is 11.5 Å². The summed E-state index contributed by atoms with van der Waals surface area (Å²) in [6.45, 7) is 10.8. The average molecular weight is 337 g/mol. The number of halogens is 1. The van der Waals surface area contributed by atoms with Gasteiger partial charge in [0.2, 0.25) is 0 Å². The van der Waals surface area contributed by atoms with Gasteiger partial charge in [-0.15, -0.1) is 0 Å². The fourth-order valence-electron chi connectivity index (χ4n) is 2.90. The molecule has 1 aliphatic heterocycles. The average Bonchev–Trinajstić information content (AvgIpc) is 2.48. The van der Waals surface area contributed by atoms with Crippen LogP contribution in [0.25, 0.3) is 5.57 Å². The Kier molecular flexibility index (Phi) is 5.41. The topological polar surface area (TPSA) is 35.5 Å². The number of hydrogen-bond donors (Lipinski definition) is 0. The Labute approximate surface area is 143 Å². The highest BCUT2D eigenvalue weighted by molar-refractivity contribution is 6.34. The van der Waals surface area contributed by atoms with Gasteiger partial charge in [0, 0.05) is 12.0 Å². The Morgan fingerprint density at radius 3 is 2.65 bits per heavy atom. The SMILES string of the molecule is CCOc1c(CCC=O)cc2c(c1Cl)OC(C)(C)C=C2C(C)C. The Hall–Kier alpha value is -1.48. The van der Waals surface area contributed by atoms with Crippen molar-refractivity contribution in [2.45, 2.75) is 53.1 Å². The van der Waals surface area contributed by atoms with Gasteiger partial charge < -0.3 is 14.3 Å². The number of fused-ring (bicyclic) bond motifs is 1. The monoisotopic (exact) mass is 336 g/mol. The van der Waals surface area contributed by atoms with E-state index in [4.69, 9.17) is 21.1 Å². The van der Waals surface area contributed by atoms with E-state index >= 15 is 0 Å². The normalized spacial score (nSPS) is 15.7. The highest BCUT2D eigenvalue weighted by Gasteiger charge is 2.31. The second kappa shape index (κ2) is 6.96. The summed E-state index contributed by atoms with van der Waals surface area (Å²) >= 11 is 6.62. The minimum Gasteiger partial charge on any atom is -0.492 e. The summed E-state index contributed by atoms with van der Waals surface area (Å²) in [5.41, 5.74) is 2.77. The number of carbonyl (C=O) groups excluding carboxylic acids is 1. The molecule has 1 aromatic carbocycles. The molecule has 0 radical (unpaired) electrons. The van der Waals surface area contributed by atoms with Crippen LogP contribution in [-0.4, -0.2) is 18.5 Å². The largest absolute Gasteiger partial charge is 0.492 e. The smallest absolute Gasteiger partial charge is 0.150 e. The van der Waals surface area contributed by atoms with E-state index in [1.165, 1.54) is 5.57 Å². The van der Waals surface area contributed by atoms with Crippen molar-refractivity contribution in [1.82, 2.24) is 0 Å². The van der Waals surface area contributed by atoms with Crippen LogP contribution in [0.15, 0.2) is 12.1 Å². The molecule has 1 aliphatic rings. The summed E-state index contributed by atoms with van der Waals surface area (Å²) in [6, 6.07) is 2.07. The summed E-state index contributed by atoms with van der Waals surface area (Å²) in [6.07, 6.45) is 4.13. The highest BCUT2D eigenvalue weighted by atomic mass is 35.5. The van der Waals surface area contributed by atoms with Crippen molar-refractivity contribution in [3.05, 3.63) is 28.3 Å². The van der Waals surface area contributed by atoms with E-state index in [2.05, 4.69) is 26.0 Å². The molecule has 23 heavy (non-hydrogen) atoms. The molecular weight excluding hydrogens is 312 g/mol. The lowest BCUT2D eigenvalue weighted by molar-refractivity contribution is -0.107. The molecule has 1 aromatic rings. The van der Waals surface area contributed by atoms with E-state index in [0.717, 1.165) is 17.4 Å². The zero-order valence-electron chi connectivity index (χ0n) is 14.5. The fourth-order valence-corrected chi connectivity index (χ4v) is 3.22. The standard InChI is InChI=1S/C19H25ClO3/c1-6-22-17-13(8-7-9-21)10-14-15(12(2)3)11-19(4,5)23-18(14)16(17)20/h9-12H,6-8H2,1-5H3. The molecule has 126 valence electrons. The van der Waals surface area contributed by atoms with Crippen LogP contribution in [0.3, 0.4) is 0 Å². The summed E-state index contributed by atoms with van der Waals surface area (Å²) in [5, 5.41) is 0.504. The molecule has 0 saturated carbocycles. The van der Waals surface area contributed by atoms with Gasteiger partial charge in [0.1, 0.15) is 22.7 Å². The molecule has 0 spiro atoms. The Balaban J connectivity index is 2.65. The van der Waals surface area contributed by atoms with Gasteiger partial charge in [-0.2, -0.15) is 0 Å². The third-order valence-corrected chi connectivity index (χ3v) is 4.22. The van der Waals surface area contributed by atoms with Crippen LogP contribution < -0.4 is 9.47 Å². The first-order chi connectivity index (χ1) is 10.8. The van der Waals surface area contributed by atoms with Gasteiger partial charge >= 0.3 is 0 Å². The number of allylic oxidation sites excluding steroid dienone is 1. The first kappa shape index (κ1) is 17.9. The van der Waals surface area contributed by atoms with Crippen LogP contribution in [0, 0.1) is 5.92 Å². The quantitative estimate of drug-likeness (QED) is 0.679. The first-order valence-corrected chi connectivity index (χ1v) is 8.52. The number of rotatable bonds is 6. The second-order valence-electron chi connectivity index (χ2n) is 6.65. The van der Waals surface area contributed by atoms with Gasteiger partial charge in [-0.3, -0.25) is 0 Å². The van der Waals surface area contributed by atoms with Gasteiger partial charge in [-0.25, -0.2) is 0 Å². The molecule has 0 bridgehead atoms. The van der Waals surface area contributed by atoms with Crippen molar-refractivity contribution in [3.8, 4) is 11.5 Å². The van der Waals surface area contributed by atoms with Crippen molar-refractivity contribution in [2.24, 2.45) is 5.92 Å². The number of aryl methyl sites for hydroxylation is 1. The number of ether oxygens (including phenoxy) is 2. The van der Waals surface area contributed by atoms with Crippen molar-refractivity contribution >= 4 is 23.5 Å². The molecule has 2 rings (SSSR count). The number of carbonyl (C=O) groups is 1. The molecule has 0 fully saturated rings. The van der Waals surface area contributed by atoms with Crippen LogP contribution in [0.4, 0.5) is 0 Å². The van der Waals surface area contributed by atoms with E-state index in [-0.39, 0.29) is 0 Å². The van der Waals surface area contributed by atoms with Gasteiger partial charge in [-0.1, -0.05) is 25.4 Å². The van der Waals surface area contributed by atoms with Crippen LogP contribution >= 0.6 is 11.6 Å². The molecule has 3 nitrogen and oxygen atoms in total. The molecule has 0 amide bonds. The summed E-state index contributed by atoms with van der Waals surface area (Å²) in [5.74, 6) is 1.67. The zero-order valence-corrected chi connectivity index (χ0v) is 15.3. The van der Waals surface area contributed by atoms with E-state index in [9.17, 15) is 4.79 Å². The van der Waals surface area contributed by atoms with Crippen molar-refractivity contribution in [2.75, 3.05) is 6.61 Å². The lowest BCUT2D eigenvalue weighted by Gasteiger charge is -2.34. The number of hydrogen-bond acceptors (Lipinski definition) is 3. The third-order valence-electron chi connectivity index (χ3n) is 3.87. The first-order valence-electron chi connectivity index (χ1n) is 8.14. The predicted octanol–water partition coefficient (Wildman–Crippen LogP) is 5.08. The molecule has 4 heteroatoms. The van der Waals surface area contributed by atoms with Gasteiger partial charge in [0.05, 0.1) is 6.61 Å². The van der Waals surface area contributed by atoms with Crippen molar-refractivity contribution < 1.29 is 14.3 Å². The summed E-state index contributed by atoms with van der Waals surface area (Å²) in [4.78, 5) is 10.8. The maximum Gasteiger partial charge on any atom is 0.150 e. The highest BCUT2D eigenvalue weighted by Crippen LogP contribution is 2.48. The molecular formula is C19H25ClO3. The maximum atomic E-state index is 10.8. The molecule has 1 heterocycles. The second-order valence-corrected chi connectivity index (χ2v) is 7.03. The Morgan fingerprint density at radius 1 is 1.39 bits per heavy atom. The van der Waals surface area contributed by atoms with Crippen LogP contribution in [0.2, 0.25) is 5.02 Å². The van der Waals surface area contributed by atoms with Crippen molar-refractivity contribution in [1.29, 1.82) is 0 Å². The number of benzene rings is 1. The zero-order chi connectivity index (χ0) is 17.2. The Morgan fingerprint density at radius 2 is 2.09 bits per heavy atom. The molecule has 0 aromatic heterocycles. The Bertz CT molecular complexity index is 630. The maximum absolute atomic E-state index is 10.8. The van der Waals surface area contributed by atoms with E-state index < -0.39 is 5.60 Å². The van der Waals surface area contributed by atoms with Gasteiger partial charge in [0.15, 0.2) is 5.75 Å². The lowest BCUT2D eigenvalue weighted by Crippen LogP contribution is -2.30. The van der Waals surface area contributed by atoms with Gasteiger partial charge in [0.25, 0.3) is 0 Å². The van der Waals surface area contributed by atoms with Crippen LogP contribution in [0.1, 0.15) is 52.2 Å². The van der Waals surface area contributed by atoms with Crippen LogP contribution in [-0.2, 0) is 11.2 Å². The molecule has 0 unspecified atom stereocenters. The molecule has 0 N–H and O–H groups in total. The molecule has 0 atom stereocenters. The lowest BCUT2D eigenvalue weighted by atomic mass is 9.86. The summed E-state index contributed by atoms with van der Waals surface area (Å²) in [7, 11) is 0. The number of aldehydes is 1. The predicted molar refractivity (Wildman–Crippen MR) is 94.5 cm³/mol. The molecule has 0 aliphatic carbocycles. The van der Waals surface area contributed by atoms with Gasteiger partial charge in [-0.05, 0) is 56.4 Å². The van der Waals surface area contributed by atoms with E-state index in [1.807, 2.05) is 20.8 Å².